The summed E-state index contributed by atoms with van der Waals surface area (Å²) in [6.07, 6.45) is 2.88. The fraction of sp³-hybridized carbons (Fsp3) is 0.545. The Morgan fingerprint density at radius 2 is 2.21 bits per heavy atom. The summed E-state index contributed by atoms with van der Waals surface area (Å²) in [7, 11) is 0. The predicted octanol–water partition coefficient (Wildman–Crippen LogP) is 2.28. The summed E-state index contributed by atoms with van der Waals surface area (Å²) in [6, 6.07) is 3.79. The molecule has 2 N–H and O–H groups in total. The van der Waals surface area contributed by atoms with Crippen molar-refractivity contribution in [3.8, 4) is 5.88 Å². The number of pyridine rings is 1. The van der Waals surface area contributed by atoms with E-state index in [1.165, 1.54) is 0 Å². The standard InChI is InChI=1S/C11H18N2O/c1-4-8(2)14-11-10(9(3)12)6-5-7-13-11/h5-9H,4,12H2,1-3H3. The van der Waals surface area contributed by atoms with Crippen LogP contribution >= 0.6 is 0 Å². The number of aromatic nitrogens is 1. The first-order valence-corrected chi connectivity index (χ1v) is 5.02. The Hall–Kier alpha value is -1.09. The van der Waals surface area contributed by atoms with E-state index in [-0.39, 0.29) is 12.1 Å². The van der Waals surface area contributed by atoms with Crippen LogP contribution in [-0.4, -0.2) is 11.1 Å². The number of rotatable bonds is 4. The molecule has 3 heteroatoms. The average molecular weight is 194 g/mol. The highest BCUT2D eigenvalue weighted by molar-refractivity contribution is 5.28. The van der Waals surface area contributed by atoms with Crippen molar-refractivity contribution >= 4 is 0 Å². The number of hydrogen-bond donors (Lipinski definition) is 1. The van der Waals surface area contributed by atoms with Crippen molar-refractivity contribution in [2.45, 2.75) is 39.3 Å². The summed E-state index contributed by atoms with van der Waals surface area (Å²) in [4.78, 5) is 4.19. The van der Waals surface area contributed by atoms with Crippen LogP contribution in [-0.2, 0) is 0 Å². The fourth-order valence-corrected chi connectivity index (χ4v) is 1.12. The molecular formula is C11H18N2O. The maximum atomic E-state index is 5.81. The van der Waals surface area contributed by atoms with Gasteiger partial charge < -0.3 is 10.5 Å². The van der Waals surface area contributed by atoms with Crippen molar-refractivity contribution in [2.75, 3.05) is 0 Å². The topological polar surface area (TPSA) is 48.1 Å². The zero-order valence-electron chi connectivity index (χ0n) is 9.03. The molecule has 1 heterocycles. The monoisotopic (exact) mass is 194 g/mol. The van der Waals surface area contributed by atoms with Crippen LogP contribution in [0.2, 0.25) is 0 Å². The van der Waals surface area contributed by atoms with Crippen LogP contribution in [0, 0.1) is 0 Å². The van der Waals surface area contributed by atoms with Crippen LogP contribution in [0.5, 0.6) is 5.88 Å². The molecule has 2 atom stereocenters. The lowest BCUT2D eigenvalue weighted by atomic mass is 10.1. The molecule has 3 nitrogen and oxygen atoms in total. The first kappa shape index (κ1) is 11.0. The molecule has 0 saturated carbocycles. The Morgan fingerprint density at radius 3 is 2.79 bits per heavy atom. The minimum Gasteiger partial charge on any atom is -0.474 e. The van der Waals surface area contributed by atoms with Crippen LogP contribution < -0.4 is 10.5 Å². The molecule has 0 bridgehead atoms. The van der Waals surface area contributed by atoms with Gasteiger partial charge in [0.25, 0.3) is 0 Å². The van der Waals surface area contributed by atoms with Crippen LogP contribution in [0.15, 0.2) is 18.3 Å². The van der Waals surface area contributed by atoms with Gasteiger partial charge in [-0.15, -0.1) is 0 Å². The lowest BCUT2D eigenvalue weighted by Crippen LogP contribution is -2.15. The van der Waals surface area contributed by atoms with E-state index in [0.717, 1.165) is 12.0 Å². The first-order valence-electron chi connectivity index (χ1n) is 5.02. The van der Waals surface area contributed by atoms with Crippen molar-refractivity contribution in [2.24, 2.45) is 5.73 Å². The Balaban J connectivity index is 2.84. The van der Waals surface area contributed by atoms with Gasteiger partial charge in [-0.25, -0.2) is 4.98 Å². The van der Waals surface area contributed by atoms with Crippen molar-refractivity contribution in [3.05, 3.63) is 23.9 Å². The number of ether oxygens (including phenoxy) is 1. The predicted molar refractivity (Wildman–Crippen MR) is 57.2 cm³/mol. The highest BCUT2D eigenvalue weighted by atomic mass is 16.5. The quantitative estimate of drug-likeness (QED) is 0.800. The zero-order chi connectivity index (χ0) is 10.6. The molecule has 0 spiro atoms. The Kier molecular flexibility index (Phi) is 3.89. The summed E-state index contributed by atoms with van der Waals surface area (Å²) >= 11 is 0. The number of hydrogen-bond acceptors (Lipinski definition) is 3. The van der Waals surface area contributed by atoms with Gasteiger partial charge in [-0.1, -0.05) is 13.0 Å². The normalized spacial score (nSPS) is 14.9. The van der Waals surface area contributed by atoms with Crippen molar-refractivity contribution in [1.29, 1.82) is 0 Å². The summed E-state index contributed by atoms with van der Waals surface area (Å²) in [5.74, 6) is 0.664. The van der Waals surface area contributed by atoms with E-state index in [1.54, 1.807) is 6.20 Å². The molecule has 0 aliphatic rings. The first-order chi connectivity index (χ1) is 6.65. The van der Waals surface area contributed by atoms with Crippen LogP contribution in [0.3, 0.4) is 0 Å². The average Bonchev–Trinajstić information content (AvgIpc) is 2.18. The minimum atomic E-state index is -0.0391. The molecule has 0 aliphatic heterocycles. The van der Waals surface area contributed by atoms with E-state index in [0.29, 0.717) is 5.88 Å². The third kappa shape index (κ3) is 2.70. The van der Waals surface area contributed by atoms with Gasteiger partial charge in [-0.05, 0) is 26.3 Å². The molecule has 1 aromatic rings. The van der Waals surface area contributed by atoms with Crippen LogP contribution in [0.4, 0.5) is 0 Å². The van der Waals surface area contributed by atoms with Crippen LogP contribution in [0.1, 0.15) is 38.8 Å². The highest BCUT2D eigenvalue weighted by Crippen LogP contribution is 2.21. The Labute approximate surface area is 85.3 Å². The van der Waals surface area contributed by atoms with Crippen LogP contribution in [0.25, 0.3) is 0 Å². The van der Waals surface area contributed by atoms with Gasteiger partial charge >= 0.3 is 0 Å². The van der Waals surface area contributed by atoms with Crippen molar-refractivity contribution in [3.63, 3.8) is 0 Å². The van der Waals surface area contributed by atoms with Gasteiger partial charge in [0.15, 0.2) is 0 Å². The van der Waals surface area contributed by atoms with Gasteiger partial charge in [0, 0.05) is 17.8 Å². The molecule has 2 unspecified atom stereocenters. The SMILES string of the molecule is CCC(C)Oc1ncccc1C(C)N. The van der Waals surface area contributed by atoms with Gasteiger partial charge in [0.05, 0.1) is 6.10 Å². The molecule has 0 amide bonds. The van der Waals surface area contributed by atoms with E-state index >= 15 is 0 Å². The molecule has 1 aromatic heterocycles. The molecule has 1 rings (SSSR count). The second-order valence-corrected chi connectivity index (χ2v) is 3.52. The third-order valence-electron chi connectivity index (χ3n) is 2.18. The zero-order valence-corrected chi connectivity index (χ0v) is 9.03. The van der Waals surface area contributed by atoms with Gasteiger partial charge in [-0.2, -0.15) is 0 Å². The molecule has 0 aliphatic carbocycles. The second kappa shape index (κ2) is 4.96. The summed E-state index contributed by atoms with van der Waals surface area (Å²) in [5.41, 5.74) is 6.78. The molecule has 0 fully saturated rings. The van der Waals surface area contributed by atoms with Crippen molar-refractivity contribution in [1.82, 2.24) is 4.98 Å². The van der Waals surface area contributed by atoms with Crippen molar-refractivity contribution < 1.29 is 4.74 Å². The molecule has 14 heavy (non-hydrogen) atoms. The largest absolute Gasteiger partial charge is 0.474 e. The lowest BCUT2D eigenvalue weighted by molar-refractivity contribution is 0.205. The minimum absolute atomic E-state index is 0.0391. The molecule has 78 valence electrons. The second-order valence-electron chi connectivity index (χ2n) is 3.52. The number of nitrogens with zero attached hydrogens (tertiary/aromatic N) is 1. The van der Waals surface area contributed by atoms with E-state index < -0.39 is 0 Å². The molecular weight excluding hydrogens is 176 g/mol. The van der Waals surface area contributed by atoms with Gasteiger partial charge in [0.1, 0.15) is 0 Å². The molecule has 0 aromatic carbocycles. The maximum Gasteiger partial charge on any atom is 0.218 e. The van der Waals surface area contributed by atoms with E-state index in [9.17, 15) is 0 Å². The van der Waals surface area contributed by atoms with E-state index in [1.807, 2.05) is 26.0 Å². The van der Waals surface area contributed by atoms with E-state index in [2.05, 4.69) is 11.9 Å². The summed E-state index contributed by atoms with van der Waals surface area (Å²) in [5, 5.41) is 0. The highest BCUT2D eigenvalue weighted by Gasteiger charge is 2.10. The summed E-state index contributed by atoms with van der Waals surface area (Å²) < 4.78 is 5.66. The third-order valence-corrected chi connectivity index (χ3v) is 2.18. The molecule has 0 saturated heterocycles. The number of nitrogens with two attached hydrogens (primary N) is 1. The lowest BCUT2D eigenvalue weighted by Gasteiger charge is -2.16. The van der Waals surface area contributed by atoms with Gasteiger partial charge in [-0.3, -0.25) is 0 Å². The summed E-state index contributed by atoms with van der Waals surface area (Å²) in [6.45, 7) is 6.04. The van der Waals surface area contributed by atoms with Gasteiger partial charge in [0.2, 0.25) is 5.88 Å². The smallest absolute Gasteiger partial charge is 0.218 e. The Bertz CT molecular complexity index is 286. The fourth-order valence-electron chi connectivity index (χ4n) is 1.12. The Morgan fingerprint density at radius 1 is 1.50 bits per heavy atom. The maximum absolute atomic E-state index is 5.81. The van der Waals surface area contributed by atoms with E-state index in [4.69, 9.17) is 10.5 Å². The molecule has 0 radical (unpaired) electrons.